The molecular formula is C15H14N2O3. The summed E-state index contributed by atoms with van der Waals surface area (Å²) in [7, 11) is 1.55. The van der Waals surface area contributed by atoms with Crippen LogP contribution in [0.3, 0.4) is 0 Å². The Balaban J connectivity index is 1.99. The molecule has 1 atom stereocenters. The molecule has 5 heteroatoms. The van der Waals surface area contributed by atoms with Gasteiger partial charge in [0, 0.05) is 12.7 Å². The molecule has 1 aromatic heterocycles. The van der Waals surface area contributed by atoms with Gasteiger partial charge in [0.05, 0.1) is 24.4 Å². The largest absolute Gasteiger partial charge is 0.467 e. The number of amides is 1. The highest BCUT2D eigenvalue weighted by Crippen LogP contribution is 2.16. The van der Waals surface area contributed by atoms with Crippen LogP contribution in [0, 0.1) is 11.3 Å². The Bertz CT molecular complexity index is 614. The Morgan fingerprint density at radius 3 is 2.95 bits per heavy atom. The summed E-state index contributed by atoms with van der Waals surface area (Å²) in [5, 5.41) is 11.6. The number of furan rings is 1. The van der Waals surface area contributed by atoms with E-state index in [1.165, 1.54) is 0 Å². The minimum Gasteiger partial charge on any atom is -0.467 e. The third-order valence-electron chi connectivity index (χ3n) is 2.85. The van der Waals surface area contributed by atoms with E-state index in [2.05, 4.69) is 5.32 Å². The number of rotatable bonds is 5. The van der Waals surface area contributed by atoms with Crippen molar-refractivity contribution in [1.29, 1.82) is 5.26 Å². The van der Waals surface area contributed by atoms with Gasteiger partial charge in [-0.25, -0.2) is 0 Å². The summed E-state index contributed by atoms with van der Waals surface area (Å²) in [6, 6.07) is 12.1. The smallest absolute Gasteiger partial charge is 0.251 e. The molecule has 0 fully saturated rings. The maximum absolute atomic E-state index is 12.0. The molecule has 0 aliphatic carbocycles. The van der Waals surface area contributed by atoms with Gasteiger partial charge in [0.25, 0.3) is 5.91 Å². The summed E-state index contributed by atoms with van der Waals surface area (Å²) in [6.45, 7) is 0.291. The number of carbonyl (C=O) groups is 1. The normalized spacial score (nSPS) is 11.6. The van der Waals surface area contributed by atoms with E-state index in [0.717, 1.165) is 0 Å². The quantitative estimate of drug-likeness (QED) is 0.904. The van der Waals surface area contributed by atoms with Gasteiger partial charge in [-0.3, -0.25) is 4.79 Å². The van der Waals surface area contributed by atoms with Gasteiger partial charge in [-0.05, 0) is 30.3 Å². The van der Waals surface area contributed by atoms with Crippen LogP contribution in [0.4, 0.5) is 0 Å². The summed E-state index contributed by atoms with van der Waals surface area (Å²) >= 11 is 0. The first kappa shape index (κ1) is 13.8. The fourth-order valence-electron chi connectivity index (χ4n) is 1.79. The van der Waals surface area contributed by atoms with E-state index in [9.17, 15) is 4.79 Å². The van der Waals surface area contributed by atoms with Gasteiger partial charge in [0.2, 0.25) is 0 Å². The summed E-state index contributed by atoms with van der Waals surface area (Å²) < 4.78 is 10.5. The molecule has 1 N–H and O–H groups in total. The van der Waals surface area contributed by atoms with Gasteiger partial charge >= 0.3 is 0 Å². The highest BCUT2D eigenvalue weighted by Gasteiger charge is 2.15. The molecule has 1 amide bonds. The van der Waals surface area contributed by atoms with Crippen molar-refractivity contribution < 1.29 is 13.9 Å². The summed E-state index contributed by atoms with van der Waals surface area (Å²) in [6.07, 6.45) is 1.22. The SMILES string of the molecule is COC(CNC(=O)c1cccc(C#N)c1)c1ccco1. The zero-order valence-corrected chi connectivity index (χ0v) is 11.0. The molecule has 20 heavy (non-hydrogen) atoms. The maximum Gasteiger partial charge on any atom is 0.251 e. The highest BCUT2D eigenvalue weighted by molar-refractivity contribution is 5.94. The van der Waals surface area contributed by atoms with E-state index in [4.69, 9.17) is 14.4 Å². The van der Waals surface area contributed by atoms with Crippen LogP contribution in [0.15, 0.2) is 47.1 Å². The van der Waals surface area contributed by atoms with Crippen LogP contribution in [0.1, 0.15) is 27.8 Å². The fraction of sp³-hybridized carbons (Fsp3) is 0.200. The number of nitrogens with zero attached hydrogens (tertiary/aromatic N) is 1. The van der Waals surface area contributed by atoms with Crippen LogP contribution in [0.5, 0.6) is 0 Å². The predicted octanol–water partition coefficient (Wildman–Crippen LogP) is 2.27. The van der Waals surface area contributed by atoms with Crippen molar-refractivity contribution in [3.05, 3.63) is 59.5 Å². The van der Waals surface area contributed by atoms with Crippen molar-refractivity contribution >= 4 is 5.91 Å². The predicted molar refractivity (Wildman–Crippen MR) is 71.9 cm³/mol. The second-order valence-corrected chi connectivity index (χ2v) is 4.14. The van der Waals surface area contributed by atoms with Crippen LogP contribution in [-0.2, 0) is 4.74 Å². The van der Waals surface area contributed by atoms with Crippen LogP contribution >= 0.6 is 0 Å². The lowest BCUT2D eigenvalue weighted by Crippen LogP contribution is -2.29. The number of nitriles is 1. The van der Waals surface area contributed by atoms with Gasteiger partial charge in [-0.1, -0.05) is 6.07 Å². The lowest BCUT2D eigenvalue weighted by molar-refractivity contribution is 0.0738. The molecule has 1 aromatic carbocycles. The Morgan fingerprint density at radius 1 is 1.45 bits per heavy atom. The van der Waals surface area contributed by atoms with Crippen molar-refractivity contribution in [3.63, 3.8) is 0 Å². The van der Waals surface area contributed by atoms with Crippen LogP contribution < -0.4 is 5.32 Å². The Hall–Kier alpha value is -2.58. The number of nitrogens with one attached hydrogen (secondary N) is 1. The number of hydrogen-bond acceptors (Lipinski definition) is 4. The molecule has 5 nitrogen and oxygen atoms in total. The van der Waals surface area contributed by atoms with E-state index >= 15 is 0 Å². The van der Waals surface area contributed by atoms with Crippen LogP contribution in [-0.4, -0.2) is 19.6 Å². The minimum absolute atomic E-state index is 0.254. The van der Waals surface area contributed by atoms with Crippen molar-refractivity contribution in [3.8, 4) is 6.07 Å². The molecule has 0 aliphatic rings. The number of benzene rings is 1. The molecule has 1 unspecified atom stereocenters. The molecule has 2 rings (SSSR count). The first-order valence-corrected chi connectivity index (χ1v) is 6.09. The third-order valence-corrected chi connectivity index (χ3v) is 2.85. The van der Waals surface area contributed by atoms with Gasteiger partial charge in [0.1, 0.15) is 11.9 Å². The number of ether oxygens (including phenoxy) is 1. The molecule has 2 aromatic rings. The zero-order valence-electron chi connectivity index (χ0n) is 11.0. The van der Waals surface area contributed by atoms with E-state index in [1.807, 2.05) is 6.07 Å². The molecule has 0 saturated carbocycles. The second kappa shape index (κ2) is 6.55. The average Bonchev–Trinajstić information content (AvgIpc) is 3.02. The van der Waals surface area contributed by atoms with Crippen LogP contribution in [0.25, 0.3) is 0 Å². The molecule has 0 bridgehead atoms. The Morgan fingerprint density at radius 2 is 2.30 bits per heavy atom. The van der Waals surface area contributed by atoms with Crippen molar-refractivity contribution in [1.82, 2.24) is 5.32 Å². The summed E-state index contributed by atoms with van der Waals surface area (Å²) in [4.78, 5) is 12.0. The van der Waals surface area contributed by atoms with Gasteiger partial charge < -0.3 is 14.5 Å². The highest BCUT2D eigenvalue weighted by atomic mass is 16.5. The molecule has 102 valence electrons. The van der Waals surface area contributed by atoms with Crippen molar-refractivity contribution in [2.24, 2.45) is 0 Å². The van der Waals surface area contributed by atoms with E-state index in [0.29, 0.717) is 23.4 Å². The van der Waals surface area contributed by atoms with Crippen molar-refractivity contribution in [2.45, 2.75) is 6.10 Å². The lowest BCUT2D eigenvalue weighted by atomic mass is 10.1. The summed E-state index contributed by atoms with van der Waals surface area (Å²) in [5.41, 5.74) is 0.894. The molecule has 0 radical (unpaired) electrons. The number of carbonyl (C=O) groups excluding carboxylic acids is 1. The minimum atomic E-state index is -0.340. The van der Waals surface area contributed by atoms with E-state index in [-0.39, 0.29) is 12.0 Å². The first-order chi connectivity index (χ1) is 9.74. The lowest BCUT2D eigenvalue weighted by Gasteiger charge is -2.13. The van der Waals surface area contributed by atoms with E-state index in [1.54, 1.807) is 49.8 Å². The maximum atomic E-state index is 12.0. The van der Waals surface area contributed by atoms with Crippen LogP contribution in [0.2, 0.25) is 0 Å². The fourth-order valence-corrected chi connectivity index (χ4v) is 1.79. The van der Waals surface area contributed by atoms with Crippen molar-refractivity contribution in [2.75, 3.05) is 13.7 Å². The molecule has 0 spiro atoms. The van der Waals surface area contributed by atoms with E-state index < -0.39 is 0 Å². The molecule has 1 heterocycles. The van der Waals surface area contributed by atoms with Gasteiger partial charge in [-0.15, -0.1) is 0 Å². The topological polar surface area (TPSA) is 75.3 Å². The molecule has 0 aliphatic heterocycles. The molecule has 0 saturated heterocycles. The standard InChI is InChI=1S/C15H14N2O3/c1-19-14(13-6-3-7-20-13)10-17-15(18)12-5-2-4-11(8-12)9-16/h2-8,14H,10H2,1H3,(H,17,18). The first-order valence-electron chi connectivity index (χ1n) is 6.09. The monoisotopic (exact) mass is 270 g/mol. The zero-order chi connectivity index (χ0) is 14.4. The molecular weight excluding hydrogens is 256 g/mol. The third kappa shape index (κ3) is 3.25. The average molecular weight is 270 g/mol. The Labute approximate surface area is 116 Å². The Kier molecular flexibility index (Phi) is 4.53. The summed E-state index contributed by atoms with van der Waals surface area (Å²) in [5.74, 6) is 0.397. The number of methoxy groups -OCH3 is 1. The van der Waals surface area contributed by atoms with Gasteiger partial charge in [0.15, 0.2) is 0 Å². The second-order valence-electron chi connectivity index (χ2n) is 4.14. The van der Waals surface area contributed by atoms with Gasteiger partial charge in [-0.2, -0.15) is 5.26 Å². The number of hydrogen-bond donors (Lipinski definition) is 1.